The molecule has 1 nitrogen and oxygen atoms in total. The minimum absolute atomic E-state index is 0.366. The van der Waals surface area contributed by atoms with Crippen molar-refractivity contribution in [2.75, 3.05) is 0 Å². The fourth-order valence-electron chi connectivity index (χ4n) is 2.08. The third-order valence-corrected chi connectivity index (χ3v) is 3.20. The van der Waals surface area contributed by atoms with E-state index >= 15 is 0 Å². The lowest BCUT2D eigenvalue weighted by Crippen LogP contribution is -2.20. The predicted molar refractivity (Wildman–Crippen MR) is 69.4 cm³/mol. The first kappa shape index (κ1) is 13.2. The summed E-state index contributed by atoms with van der Waals surface area (Å²) in [6.07, 6.45) is 4.10. The van der Waals surface area contributed by atoms with Gasteiger partial charge in [-0.1, -0.05) is 57.0 Å². The van der Waals surface area contributed by atoms with Gasteiger partial charge in [0.25, 0.3) is 0 Å². The lowest BCUT2D eigenvalue weighted by molar-refractivity contribution is 0.00924. The Labute approximate surface area is 99.8 Å². The smallest absolute Gasteiger partial charge is 0.0720 e. The topological polar surface area (TPSA) is 9.23 Å². The summed E-state index contributed by atoms with van der Waals surface area (Å²) >= 11 is 0. The summed E-state index contributed by atoms with van der Waals surface area (Å²) in [4.78, 5) is 0. The minimum Gasteiger partial charge on any atom is -0.374 e. The number of rotatable bonds is 7. The molecule has 1 rings (SSSR count). The van der Waals surface area contributed by atoms with E-state index in [-0.39, 0.29) is 0 Å². The molecule has 1 aromatic carbocycles. The van der Waals surface area contributed by atoms with Gasteiger partial charge in [0.2, 0.25) is 0 Å². The molecule has 0 aliphatic rings. The van der Waals surface area contributed by atoms with E-state index in [2.05, 4.69) is 45.0 Å². The van der Waals surface area contributed by atoms with Gasteiger partial charge in [0.05, 0.1) is 12.7 Å². The second-order valence-electron chi connectivity index (χ2n) is 4.46. The number of ether oxygens (including phenoxy) is 1. The molecule has 1 unspecified atom stereocenters. The van der Waals surface area contributed by atoms with Gasteiger partial charge in [-0.2, -0.15) is 0 Å². The van der Waals surface area contributed by atoms with Crippen LogP contribution < -0.4 is 0 Å². The van der Waals surface area contributed by atoms with Crippen LogP contribution in [0.4, 0.5) is 0 Å². The summed E-state index contributed by atoms with van der Waals surface area (Å²) in [5.74, 6) is 0.703. The van der Waals surface area contributed by atoms with Crippen molar-refractivity contribution in [1.29, 1.82) is 0 Å². The van der Waals surface area contributed by atoms with Gasteiger partial charge in [0.15, 0.2) is 0 Å². The van der Waals surface area contributed by atoms with Gasteiger partial charge in [0, 0.05) is 0 Å². The van der Waals surface area contributed by atoms with Gasteiger partial charge in [-0.15, -0.1) is 0 Å². The van der Waals surface area contributed by atoms with Crippen LogP contribution in [0.3, 0.4) is 0 Å². The highest BCUT2D eigenvalue weighted by molar-refractivity contribution is 5.13. The zero-order valence-electron chi connectivity index (χ0n) is 10.8. The standard InChI is InChI=1S/C15H24O/c1-4-9-15(5-2)13(3)16-12-14-10-7-6-8-11-14/h6-8,10-11,13,15H,4-5,9,12H2,1-3H3/t13?,15-/m1/s1. The molecule has 0 N–H and O–H groups in total. The van der Waals surface area contributed by atoms with E-state index in [1.807, 2.05) is 6.07 Å². The SMILES string of the molecule is CCC[C@@H](CC)C(C)OCc1ccccc1. The molecule has 0 heterocycles. The van der Waals surface area contributed by atoms with Crippen LogP contribution in [0, 0.1) is 5.92 Å². The molecule has 0 radical (unpaired) electrons. The van der Waals surface area contributed by atoms with Crippen molar-refractivity contribution >= 4 is 0 Å². The largest absolute Gasteiger partial charge is 0.374 e. The molecule has 1 heteroatoms. The van der Waals surface area contributed by atoms with Crippen LogP contribution in [0.1, 0.15) is 45.6 Å². The molecule has 0 spiro atoms. The first-order valence-electron chi connectivity index (χ1n) is 6.43. The van der Waals surface area contributed by atoms with E-state index in [9.17, 15) is 0 Å². The van der Waals surface area contributed by atoms with E-state index in [0.717, 1.165) is 6.61 Å². The second kappa shape index (κ2) is 7.45. The van der Waals surface area contributed by atoms with Gasteiger partial charge >= 0.3 is 0 Å². The van der Waals surface area contributed by atoms with E-state index in [4.69, 9.17) is 4.74 Å². The van der Waals surface area contributed by atoms with Crippen LogP contribution in [-0.2, 0) is 11.3 Å². The predicted octanol–water partition coefficient (Wildman–Crippen LogP) is 4.42. The van der Waals surface area contributed by atoms with Crippen LogP contribution >= 0.6 is 0 Å². The van der Waals surface area contributed by atoms with Crippen LogP contribution in [0.25, 0.3) is 0 Å². The fourth-order valence-corrected chi connectivity index (χ4v) is 2.08. The summed E-state index contributed by atoms with van der Waals surface area (Å²) in [6.45, 7) is 7.43. The third-order valence-electron chi connectivity index (χ3n) is 3.20. The summed E-state index contributed by atoms with van der Waals surface area (Å²) in [7, 11) is 0. The molecule has 0 aromatic heterocycles. The Balaban J connectivity index is 2.36. The van der Waals surface area contributed by atoms with Crippen molar-refractivity contribution < 1.29 is 4.74 Å². The summed E-state index contributed by atoms with van der Waals surface area (Å²) in [5, 5.41) is 0. The zero-order chi connectivity index (χ0) is 11.8. The fraction of sp³-hybridized carbons (Fsp3) is 0.600. The summed E-state index contributed by atoms with van der Waals surface area (Å²) in [5.41, 5.74) is 1.26. The monoisotopic (exact) mass is 220 g/mol. The Morgan fingerprint density at radius 2 is 1.81 bits per heavy atom. The van der Waals surface area contributed by atoms with Gasteiger partial charge in [-0.05, 0) is 24.8 Å². The van der Waals surface area contributed by atoms with Crippen molar-refractivity contribution in [3.63, 3.8) is 0 Å². The van der Waals surface area contributed by atoms with Crippen molar-refractivity contribution in [3.8, 4) is 0 Å². The van der Waals surface area contributed by atoms with E-state index < -0.39 is 0 Å². The van der Waals surface area contributed by atoms with Gasteiger partial charge in [0.1, 0.15) is 0 Å². The van der Waals surface area contributed by atoms with Crippen LogP contribution in [0.15, 0.2) is 30.3 Å². The summed E-state index contributed by atoms with van der Waals surface area (Å²) < 4.78 is 5.93. The molecule has 0 bridgehead atoms. The van der Waals surface area contributed by atoms with E-state index in [1.54, 1.807) is 0 Å². The highest BCUT2D eigenvalue weighted by atomic mass is 16.5. The molecule has 0 aliphatic heterocycles. The third kappa shape index (κ3) is 4.36. The van der Waals surface area contributed by atoms with E-state index in [0.29, 0.717) is 12.0 Å². The lowest BCUT2D eigenvalue weighted by atomic mass is 9.95. The Bertz CT molecular complexity index is 268. The van der Waals surface area contributed by atoms with E-state index in [1.165, 1.54) is 24.8 Å². The molecule has 2 atom stereocenters. The number of hydrogen-bond acceptors (Lipinski definition) is 1. The molecule has 0 aliphatic carbocycles. The molecule has 16 heavy (non-hydrogen) atoms. The maximum atomic E-state index is 5.93. The summed E-state index contributed by atoms with van der Waals surface area (Å²) in [6, 6.07) is 10.4. The maximum Gasteiger partial charge on any atom is 0.0720 e. The molecular formula is C15H24O. The average molecular weight is 220 g/mol. The van der Waals surface area contributed by atoms with Gasteiger partial charge in [-0.3, -0.25) is 0 Å². The second-order valence-corrected chi connectivity index (χ2v) is 4.46. The average Bonchev–Trinajstić information content (AvgIpc) is 2.34. The molecular weight excluding hydrogens is 196 g/mol. The van der Waals surface area contributed by atoms with Crippen molar-refractivity contribution in [1.82, 2.24) is 0 Å². The van der Waals surface area contributed by atoms with Crippen molar-refractivity contribution in [3.05, 3.63) is 35.9 Å². The van der Waals surface area contributed by atoms with Gasteiger partial charge < -0.3 is 4.74 Å². The Morgan fingerprint density at radius 1 is 1.12 bits per heavy atom. The maximum absolute atomic E-state index is 5.93. The normalized spacial score (nSPS) is 14.7. The molecule has 0 saturated heterocycles. The van der Waals surface area contributed by atoms with Crippen molar-refractivity contribution in [2.24, 2.45) is 5.92 Å². The highest BCUT2D eigenvalue weighted by Crippen LogP contribution is 2.19. The zero-order valence-corrected chi connectivity index (χ0v) is 10.8. The number of hydrogen-bond donors (Lipinski definition) is 0. The first-order chi connectivity index (χ1) is 7.77. The lowest BCUT2D eigenvalue weighted by Gasteiger charge is -2.22. The minimum atomic E-state index is 0.366. The van der Waals surface area contributed by atoms with Crippen LogP contribution in [0.2, 0.25) is 0 Å². The Hall–Kier alpha value is -0.820. The molecule has 0 amide bonds. The molecule has 0 saturated carbocycles. The van der Waals surface area contributed by atoms with Gasteiger partial charge in [-0.25, -0.2) is 0 Å². The van der Waals surface area contributed by atoms with Crippen LogP contribution in [0.5, 0.6) is 0 Å². The number of benzene rings is 1. The Kier molecular flexibility index (Phi) is 6.17. The van der Waals surface area contributed by atoms with Crippen LogP contribution in [-0.4, -0.2) is 6.10 Å². The molecule has 1 aromatic rings. The molecule has 0 fully saturated rings. The van der Waals surface area contributed by atoms with Crippen molar-refractivity contribution in [2.45, 2.75) is 52.7 Å². The highest BCUT2D eigenvalue weighted by Gasteiger charge is 2.14. The molecule has 90 valence electrons. The Morgan fingerprint density at radius 3 is 2.38 bits per heavy atom. The quantitative estimate of drug-likeness (QED) is 0.661. The first-order valence-corrected chi connectivity index (χ1v) is 6.43.